The summed E-state index contributed by atoms with van der Waals surface area (Å²) >= 11 is 0. The first kappa shape index (κ1) is 23.3. The van der Waals surface area contributed by atoms with Crippen molar-refractivity contribution in [2.45, 2.75) is 56.3 Å². The van der Waals surface area contributed by atoms with Gasteiger partial charge in [0.15, 0.2) is 28.9 Å². The van der Waals surface area contributed by atoms with Gasteiger partial charge in [-0.3, -0.25) is 9.59 Å². The number of hydrogen-bond acceptors (Lipinski definition) is 8. The summed E-state index contributed by atoms with van der Waals surface area (Å²) in [5.74, 6) is 9.92. The lowest BCUT2D eigenvalue weighted by Crippen LogP contribution is -2.54. The van der Waals surface area contributed by atoms with Gasteiger partial charge in [-0.05, 0) is 57.2 Å². The lowest BCUT2D eigenvalue weighted by atomic mass is 9.69. The fourth-order valence-corrected chi connectivity index (χ4v) is 5.86. The van der Waals surface area contributed by atoms with Crippen molar-refractivity contribution in [1.82, 2.24) is 0 Å². The zero-order chi connectivity index (χ0) is 26.3. The van der Waals surface area contributed by atoms with E-state index in [2.05, 4.69) is 34.3 Å². The predicted octanol–water partition coefficient (Wildman–Crippen LogP) is 2.06. The van der Waals surface area contributed by atoms with Crippen LogP contribution in [0.25, 0.3) is 0 Å². The lowest BCUT2D eigenvalue weighted by Gasteiger charge is -2.37. The van der Waals surface area contributed by atoms with E-state index in [9.17, 15) is 24.9 Å². The molecule has 186 valence electrons. The standard InChI is InChI=1S/C29H24N2O6/c1-14(2)30-16-10-11-17-18(12-16)27(36)23-20(33)13-19-25(24(23)26(17)35)31-21-8-6-4-5-7-9-22(34)29(19)28(21,37-29)15(3)32/h4-5,10-15,21-22,30-34H,1-3H3/b5-4-/t15-,21+,22-,28+,29+/m1/s1. The number of benzene rings is 2. The maximum atomic E-state index is 13.9. The zero-order valence-electron chi connectivity index (χ0n) is 20.3. The van der Waals surface area contributed by atoms with E-state index in [1.165, 1.54) is 25.1 Å². The molecule has 5 atom stereocenters. The van der Waals surface area contributed by atoms with Crippen molar-refractivity contribution in [1.29, 1.82) is 0 Å². The first-order valence-electron chi connectivity index (χ1n) is 12.0. The first-order chi connectivity index (χ1) is 17.6. The highest BCUT2D eigenvalue weighted by atomic mass is 16.7. The second-order valence-electron chi connectivity index (χ2n) is 9.98. The smallest absolute Gasteiger partial charge is 0.198 e. The van der Waals surface area contributed by atoms with Crippen LogP contribution < -0.4 is 10.6 Å². The number of ketones is 2. The number of phenols is 1. The number of carbonyl (C=O) groups is 2. The van der Waals surface area contributed by atoms with Crippen LogP contribution in [-0.4, -0.2) is 56.8 Å². The largest absolute Gasteiger partial charge is 0.507 e. The van der Waals surface area contributed by atoms with Gasteiger partial charge >= 0.3 is 0 Å². The molecule has 5 N–H and O–H groups in total. The normalized spacial score (nSPS) is 29.6. The summed E-state index contributed by atoms with van der Waals surface area (Å²) in [5.41, 5.74) is -1.62. The third kappa shape index (κ3) is 2.92. The number of epoxide rings is 1. The summed E-state index contributed by atoms with van der Waals surface area (Å²) in [5, 5.41) is 39.6. The fraction of sp³-hybridized carbons (Fsp3) is 0.310. The highest BCUT2D eigenvalue weighted by Gasteiger charge is 2.82. The van der Waals surface area contributed by atoms with Gasteiger partial charge < -0.3 is 30.7 Å². The van der Waals surface area contributed by atoms with E-state index in [1.807, 2.05) is 13.8 Å². The molecule has 2 aliphatic heterocycles. The van der Waals surface area contributed by atoms with Gasteiger partial charge in [0.05, 0.1) is 22.9 Å². The number of aromatic hydroxyl groups is 1. The Morgan fingerprint density at radius 3 is 2.43 bits per heavy atom. The predicted molar refractivity (Wildman–Crippen MR) is 135 cm³/mol. The Morgan fingerprint density at radius 1 is 1.03 bits per heavy atom. The Balaban J connectivity index is 1.60. The number of ether oxygens (including phenoxy) is 1. The minimum Gasteiger partial charge on any atom is -0.507 e. The van der Waals surface area contributed by atoms with Crippen molar-refractivity contribution < 1.29 is 29.6 Å². The Hall–Kier alpha value is -4.08. The number of aliphatic hydroxyl groups is 2. The molecule has 0 aromatic heterocycles. The van der Waals surface area contributed by atoms with Crippen LogP contribution in [0.15, 0.2) is 36.4 Å². The molecule has 2 bridgehead atoms. The second-order valence-corrected chi connectivity index (χ2v) is 9.98. The maximum Gasteiger partial charge on any atom is 0.198 e. The Morgan fingerprint density at radius 2 is 1.73 bits per heavy atom. The number of allylic oxidation sites excluding steroid dienone is 2. The molecule has 6 rings (SSSR count). The molecule has 0 radical (unpaired) electrons. The molecule has 0 saturated carbocycles. The fourth-order valence-electron chi connectivity index (χ4n) is 5.86. The number of phenolic OH excluding ortho intramolecular Hbond substituents is 1. The maximum absolute atomic E-state index is 13.9. The van der Waals surface area contributed by atoms with Crippen molar-refractivity contribution in [2.24, 2.45) is 0 Å². The number of hydrogen-bond donors (Lipinski definition) is 5. The average Bonchev–Trinajstić information content (AvgIpc) is 3.57. The molecule has 0 amide bonds. The highest BCUT2D eigenvalue weighted by molar-refractivity contribution is 6.31. The van der Waals surface area contributed by atoms with Crippen molar-refractivity contribution in [3.05, 3.63) is 64.2 Å². The molecule has 2 aliphatic carbocycles. The number of fused-ring (bicyclic) bond motifs is 4. The summed E-state index contributed by atoms with van der Waals surface area (Å²) in [6.07, 6.45) is 0.490. The van der Waals surface area contributed by atoms with Crippen molar-refractivity contribution in [3.63, 3.8) is 0 Å². The van der Waals surface area contributed by atoms with Crippen LogP contribution in [-0.2, 0) is 10.3 Å². The minimum atomic E-state index is -1.58. The lowest BCUT2D eigenvalue weighted by molar-refractivity contribution is 0.0867. The number of anilines is 2. The van der Waals surface area contributed by atoms with Crippen LogP contribution in [0.1, 0.15) is 58.2 Å². The third-order valence-corrected chi connectivity index (χ3v) is 7.41. The van der Waals surface area contributed by atoms with Crippen molar-refractivity contribution >= 4 is 22.9 Å². The molecule has 2 aromatic rings. The van der Waals surface area contributed by atoms with E-state index in [1.54, 1.807) is 18.2 Å². The van der Waals surface area contributed by atoms with E-state index in [0.29, 0.717) is 5.69 Å². The Labute approximate surface area is 213 Å². The molecule has 4 aliphatic rings. The van der Waals surface area contributed by atoms with Crippen LogP contribution in [0.2, 0.25) is 0 Å². The SMILES string of the molecule is CC(C)Nc1ccc2c(c1)C(=O)c1c(O)cc3c(c1C2=O)N[C@H]1C#C/C=C\C#C[C@@H](O)[C@@]32O[C@@]12[C@@H](C)O. The van der Waals surface area contributed by atoms with Crippen LogP contribution in [0.4, 0.5) is 11.4 Å². The molecule has 8 heteroatoms. The Kier molecular flexibility index (Phi) is 4.86. The van der Waals surface area contributed by atoms with Gasteiger partial charge in [-0.15, -0.1) is 0 Å². The van der Waals surface area contributed by atoms with Gasteiger partial charge in [0.2, 0.25) is 0 Å². The molecular weight excluding hydrogens is 472 g/mol. The van der Waals surface area contributed by atoms with Crippen molar-refractivity contribution in [3.8, 4) is 29.4 Å². The molecule has 37 heavy (non-hydrogen) atoms. The summed E-state index contributed by atoms with van der Waals surface area (Å²) in [4.78, 5) is 27.5. The van der Waals surface area contributed by atoms with Gasteiger partial charge in [-0.2, -0.15) is 0 Å². The summed E-state index contributed by atoms with van der Waals surface area (Å²) in [6.45, 7) is 5.44. The summed E-state index contributed by atoms with van der Waals surface area (Å²) in [6, 6.07) is 5.51. The number of carbonyl (C=O) groups excluding carboxylic acids is 2. The molecule has 1 fully saturated rings. The van der Waals surface area contributed by atoms with Crippen LogP contribution in [0.5, 0.6) is 5.75 Å². The molecule has 0 unspecified atom stereocenters. The molecule has 2 heterocycles. The van der Waals surface area contributed by atoms with E-state index in [4.69, 9.17) is 4.74 Å². The minimum absolute atomic E-state index is 0.0225. The van der Waals surface area contributed by atoms with Crippen LogP contribution >= 0.6 is 0 Å². The number of aliphatic hydroxyl groups excluding tert-OH is 2. The quantitative estimate of drug-likeness (QED) is 0.212. The second kappa shape index (κ2) is 7.71. The highest BCUT2D eigenvalue weighted by Crippen LogP contribution is 2.67. The van der Waals surface area contributed by atoms with E-state index in [-0.39, 0.29) is 39.5 Å². The van der Waals surface area contributed by atoms with Gasteiger partial charge in [0.25, 0.3) is 0 Å². The molecule has 2 aromatic carbocycles. The van der Waals surface area contributed by atoms with Gasteiger partial charge in [0, 0.05) is 28.4 Å². The van der Waals surface area contributed by atoms with Gasteiger partial charge in [-0.25, -0.2) is 0 Å². The Bertz CT molecular complexity index is 1570. The topological polar surface area (TPSA) is 131 Å². The monoisotopic (exact) mass is 496 g/mol. The molecule has 0 spiro atoms. The van der Waals surface area contributed by atoms with Gasteiger partial charge in [-0.1, -0.05) is 23.7 Å². The van der Waals surface area contributed by atoms with Gasteiger partial charge in [0.1, 0.15) is 11.8 Å². The van der Waals surface area contributed by atoms with E-state index >= 15 is 0 Å². The molecule has 8 nitrogen and oxygen atoms in total. The van der Waals surface area contributed by atoms with Crippen molar-refractivity contribution in [2.75, 3.05) is 10.6 Å². The number of rotatable bonds is 3. The summed E-state index contributed by atoms with van der Waals surface area (Å²) in [7, 11) is 0. The molecular formula is C29H24N2O6. The third-order valence-electron chi connectivity index (χ3n) is 7.41. The summed E-state index contributed by atoms with van der Waals surface area (Å²) < 4.78 is 6.17. The van der Waals surface area contributed by atoms with Crippen LogP contribution in [0, 0.1) is 23.7 Å². The average molecular weight is 497 g/mol. The number of nitrogens with one attached hydrogen (secondary N) is 2. The first-order valence-corrected chi connectivity index (χ1v) is 12.0. The van der Waals surface area contributed by atoms with E-state index in [0.717, 1.165) is 0 Å². The zero-order valence-corrected chi connectivity index (χ0v) is 20.3. The van der Waals surface area contributed by atoms with E-state index < -0.39 is 46.8 Å². The van der Waals surface area contributed by atoms with Crippen LogP contribution in [0.3, 0.4) is 0 Å². The molecule has 1 saturated heterocycles.